The third-order valence-corrected chi connectivity index (χ3v) is 5.43. The number of piperazine rings is 1. The fraction of sp³-hybridized carbons (Fsp3) is 0.227. The van der Waals surface area contributed by atoms with E-state index >= 15 is 0 Å². The first-order valence-corrected chi connectivity index (χ1v) is 9.63. The van der Waals surface area contributed by atoms with Crippen LogP contribution in [0, 0.1) is 10.1 Å². The quantitative estimate of drug-likeness (QED) is 0.446. The van der Waals surface area contributed by atoms with Crippen LogP contribution in [0.25, 0.3) is 10.8 Å². The minimum Gasteiger partial charge on any atom is -0.362 e. The van der Waals surface area contributed by atoms with Crippen molar-refractivity contribution in [2.24, 2.45) is 0 Å². The van der Waals surface area contributed by atoms with E-state index in [0.29, 0.717) is 24.7 Å². The Balaban J connectivity index is 1.54. The van der Waals surface area contributed by atoms with E-state index in [1.54, 1.807) is 15.9 Å². The SMILES string of the molecule is O=C(c1cccc2ccccc12)N1CCN(c2ccc(C(F)(F)F)cc2[N+](=O)[O-])CC1. The summed E-state index contributed by atoms with van der Waals surface area (Å²) in [6.07, 6.45) is -4.66. The van der Waals surface area contributed by atoms with Crippen molar-refractivity contribution >= 4 is 28.1 Å². The molecule has 4 rings (SSSR count). The second kappa shape index (κ2) is 7.90. The van der Waals surface area contributed by atoms with E-state index in [0.717, 1.165) is 22.9 Å². The highest BCUT2D eigenvalue weighted by molar-refractivity contribution is 6.07. The molecule has 0 N–H and O–H groups in total. The molecule has 1 fully saturated rings. The highest BCUT2D eigenvalue weighted by atomic mass is 19.4. The molecule has 0 spiro atoms. The Morgan fingerprint density at radius 3 is 2.29 bits per heavy atom. The number of anilines is 1. The van der Waals surface area contributed by atoms with Crippen LogP contribution in [0.1, 0.15) is 15.9 Å². The molecular formula is C22H18F3N3O3. The van der Waals surface area contributed by atoms with Gasteiger partial charge in [-0.3, -0.25) is 14.9 Å². The van der Waals surface area contributed by atoms with Crippen LogP contribution in [0.3, 0.4) is 0 Å². The molecule has 0 atom stereocenters. The normalized spacial score (nSPS) is 14.7. The highest BCUT2D eigenvalue weighted by Gasteiger charge is 2.34. The fourth-order valence-corrected chi connectivity index (χ4v) is 3.85. The number of nitro benzene ring substituents is 1. The van der Waals surface area contributed by atoms with Crippen LogP contribution in [0.4, 0.5) is 24.5 Å². The lowest BCUT2D eigenvalue weighted by molar-refractivity contribution is -0.384. The van der Waals surface area contributed by atoms with Crippen molar-refractivity contribution in [1.29, 1.82) is 0 Å². The summed E-state index contributed by atoms with van der Waals surface area (Å²) in [6.45, 7) is 1.17. The van der Waals surface area contributed by atoms with Crippen LogP contribution in [-0.2, 0) is 6.18 Å². The molecule has 160 valence electrons. The number of fused-ring (bicyclic) bond motifs is 1. The summed E-state index contributed by atoms with van der Waals surface area (Å²) in [4.78, 5) is 26.9. The Bertz CT molecular complexity index is 1150. The van der Waals surface area contributed by atoms with Crippen molar-refractivity contribution in [3.05, 3.63) is 81.9 Å². The number of benzene rings is 3. The maximum absolute atomic E-state index is 13.1. The molecule has 3 aromatic rings. The predicted molar refractivity (Wildman–Crippen MR) is 110 cm³/mol. The lowest BCUT2D eigenvalue weighted by Crippen LogP contribution is -2.49. The summed E-state index contributed by atoms with van der Waals surface area (Å²) in [5.74, 6) is -0.140. The number of alkyl halides is 3. The third kappa shape index (κ3) is 4.03. The standard InChI is InChI=1S/C22H18F3N3O3/c23-22(24,25)16-8-9-19(20(14-16)28(30)31)26-10-12-27(13-11-26)21(29)18-7-3-5-15-4-1-2-6-17(15)18/h1-9,14H,10-13H2. The van der Waals surface area contributed by atoms with E-state index in [9.17, 15) is 28.1 Å². The van der Waals surface area contributed by atoms with Gasteiger partial charge in [-0.25, -0.2) is 0 Å². The van der Waals surface area contributed by atoms with Crippen molar-refractivity contribution < 1.29 is 22.9 Å². The Morgan fingerprint density at radius 1 is 0.935 bits per heavy atom. The average Bonchev–Trinajstić information content (AvgIpc) is 2.77. The van der Waals surface area contributed by atoms with Gasteiger partial charge in [0.1, 0.15) is 5.69 Å². The highest BCUT2D eigenvalue weighted by Crippen LogP contribution is 2.37. The monoisotopic (exact) mass is 429 g/mol. The second-order valence-corrected chi connectivity index (χ2v) is 7.26. The Hall–Kier alpha value is -3.62. The van der Waals surface area contributed by atoms with Gasteiger partial charge >= 0.3 is 6.18 Å². The number of hydrogen-bond donors (Lipinski definition) is 0. The van der Waals surface area contributed by atoms with Gasteiger partial charge in [0, 0.05) is 37.8 Å². The summed E-state index contributed by atoms with van der Waals surface area (Å²) in [5, 5.41) is 13.2. The largest absolute Gasteiger partial charge is 0.416 e. The van der Waals surface area contributed by atoms with E-state index in [1.807, 2.05) is 36.4 Å². The molecule has 3 aromatic carbocycles. The Morgan fingerprint density at radius 2 is 1.61 bits per heavy atom. The first-order chi connectivity index (χ1) is 14.8. The van der Waals surface area contributed by atoms with E-state index in [2.05, 4.69) is 0 Å². The molecule has 0 aliphatic carbocycles. The fourth-order valence-electron chi connectivity index (χ4n) is 3.85. The maximum Gasteiger partial charge on any atom is 0.416 e. The third-order valence-electron chi connectivity index (χ3n) is 5.43. The van der Waals surface area contributed by atoms with Crippen molar-refractivity contribution in [3.8, 4) is 0 Å². The Kier molecular flexibility index (Phi) is 5.26. The van der Waals surface area contributed by atoms with Crippen LogP contribution >= 0.6 is 0 Å². The number of rotatable bonds is 3. The van der Waals surface area contributed by atoms with E-state index < -0.39 is 22.4 Å². The minimum absolute atomic E-state index is 0.121. The van der Waals surface area contributed by atoms with Gasteiger partial charge in [0.05, 0.1) is 10.5 Å². The van der Waals surface area contributed by atoms with Gasteiger partial charge in [0.15, 0.2) is 0 Å². The second-order valence-electron chi connectivity index (χ2n) is 7.26. The molecular weight excluding hydrogens is 411 g/mol. The lowest BCUT2D eigenvalue weighted by atomic mass is 10.0. The van der Waals surface area contributed by atoms with Crippen LogP contribution in [0.2, 0.25) is 0 Å². The Labute approximate surface area is 175 Å². The van der Waals surface area contributed by atoms with Crippen LogP contribution in [0.15, 0.2) is 60.7 Å². The molecule has 6 nitrogen and oxygen atoms in total. The molecule has 0 aromatic heterocycles. The van der Waals surface area contributed by atoms with Gasteiger partial charge < -0.3 is 9.80 Å². The molecule has 9 heteroatoms. The number of carbonyl (C=O) groups excluding carboxylic acids is 1. The first kappa shape index (κ1) is 20.6. The number of halogens is 3. The minimum atomic E-state index is -4.66. The summed E-state index contributed by atoms with van der Waals surface area (Å²) < 4.78 is 38.8. The van der Waals surface area contributed by atoms with Crippen molar-refractivity contribution in [3.63, 3.8) is 0 Å². The zero-order chi connectivity index (χ0) is 22.2. The molecule has 1 saturated heterocycles. The molecule has 0 unspecified atom stereocenters. The molecule has 1 heterocycles. The number of nitro groups is 1. The van der Waals surface area contributed by atoms with Gasteiger partial charge in [0.25, 0.3) is 11.6 Å². The van der Waals surface area contributed by atoms with Crippen LogP contribution < -0.4 is 4.90 Å². The van der Waals surface area contributed by atoms with Crippen LogP contribution in [0.5, 0.6) is 0 Å². The van der Waals surface area contributed by atoms with Gasteiger partial charge in [-0.1, -0.05) is 36.4 Å². The van der Waals surface area contributed by atoms with Gasteiger partial charge in [-0.15, -0.1) is 0 Å². The van der Waals surface area contributed by atoms with Crippen LogP contribution in [-0.4, -0.2) is 41.9 Å². The average molecular weight is 429 g/mol. The van der Waals surface area contributed by atoms with E-state index in [4.69, 9.17) is 0 Å². The molecule has 0 bridgehead atoms. The molecule has 1 aliphatic rings. The number of nitrogens with zero attached hydrogens (tertiary/aromatic N) is 3. The molecule has 1 amide bonds. The smallest absolute Gasteiger partial charge is 0.362 e. The summed E-state index contributed by atoms with van der Waals surface area (Å²) in [6, 6.07) is 15.6. The number of hydrogen-bond acceptors (Lipinski definition) is 4. The predicted octanol–water partition coefficient (Wildman–Crippen LogP) is 4.73. The summed E-state index contributed by atoms with van der Waals surface area (Å²) >= 11 is 0. The lowest BCUT2D eigenvalue weighted by Gasteiger charge is -2.36. The molecule has 0 saturated carbocycles. The van der Waals surface area contributed by atoms with E-state index in [1.165, 1.54) is 0 Å². The zero-order valence-corrected chi connectivity index (χ0v) is 16.3. The number of amides is 1. The van der Waals surface area contributed by atoms with Crippen molar-refractivity contribution in [1.82, 2.24) is 4.90 Å². The molecule has 1 aliphatic heterocycles. The van der Waals surface area contributed by atoms with Crippen molar-refractivity contribution in [2.75, 3.05) is 31.1 Å². The maximum atomic E-state index is 13.1. The first-order valence-electron chi connectivity index (χ1n) is 9.63. The molecule has 0 radical (unpaired) electrons. The summed E-state index contributed by atoms with van der Waals surface area (Å²) in [7, 11) is 0. The van der Waals surface area contributed by atoms with E-state index in [-0.39, 0.29) is 24.7 Å². The topological polar surface area (TPSA) is 66.7 Å². The van der Waals surface area contributed by atoms with Gasteiger partial charge in [-0.2, -0.15) is 13.2 Å². The summed E-state index contributed by atoms with van der Waals surface area (Å²) in [5.41, 5.74) is -0.960. The van der Waals surface area contributed by atoms with Gasteiger partial charge in [-0.05, 0) is 29.0 Å². The molecule has 31 heavy (non-hydrogen) atoms. The number of carbonyl (C=O) groups is 1. The van der Waals surface area contributed by atoms with Gasteiger partial charge in [0.2, 0.25) is 0 Å². The zero-order valence-electron chi connectivity index (χ0n) is 16.3. The van der Waals surface area contributed by atoms with Crippen molar-refractivity contribution in [2.45, 2.75) is 6.18 Å².